The second-order valence-electron chi connectivity index (χ2n) is 5.06. The number of carboxylic acids is 1. The van der Waals surface area contributed by atoms with Crippen LogP contribution in [0, 0.1) is 5.92 Å². The van der Waals surface area contributed by atoms with E-state index < -0.39 is 11.5 Å². The van der Waals surface area contributed by atoms with Gasteiger partial charge in [0, 0.05) is 0 Å². The Morgan fingerprint density at radius 2 is 1.93 bits per heavy atom. The highest BCUT2D eigenvalue weighted by Crippen LogP contribution is 2.28. The Hall–Kier alpha value is -0.570. The lowest BCUT2D eigenvalue weighted by Gasteiger charge is -2.34. The Kier molecular flexibility index (Phi) is 4.58. The zero-order chi connectivity index (χ0) is 11.3. The molecule has 0 atom stereocenters. The molecule has 3 heteroatoms. The fourth-order valence-corrected chi connectivity index (χ4v) is 2.22. The molecule has 0 bridgehead atoms. The van der Waals surface area contributed by atoms with Crippen LogP contribution in [0.3, 0.4) is 0 Å². The number of carboxylic acid groups (broad SMARTS) is 1. The van der Waals surface area contributed by atoms with Gasteiger partial charge in [0.1, 0.15) is 5.54 Å². The highest BCUT2D eigenvalue weighted by atomic mass is 16.4. The highest BCUT2D eigenvalue weighted by molar-refractivity contribution is 5.78. The second kappa shape index (κ2) is 5.50. The molecule has 0 aromatic heterocycles. The van der Waals surface area contributed by atoms with Crippen molar-refractivity contribution in [2.75, 3.05) is 6.54 Å². The molecule has 2 N–H and O–H groups in total. The molecule has 0 amide bonds. The molecule has 88 valence electrons. The molecule has 1 aliphatic carbocycles. The Labute approximate surface area is 92.3 Å². The standard InChI is InChI=1S/C12H23NO2/c1-10(2)6-9-13-12(11(14)15)7-4-3-5-8-12/h10,13H,3-9H2,1-2H3,(H,14,15). The minimum atomic E-state index is -0.661. The van der Waals surface area contributed by atoms with Gasteiger partial charge in [0.2, 0.25) is 0 Å². The third-order valence-electron chi connectivity index (χ3n) is 3.30. The summed E-state index contributed by atoms with van der Waals surface area (Å²) < 4.78 is 0. The van der Waals surface area contributed by atoms with Crippen LogP contribution >= 0.6 is 0 Å². The zero-order valence-electron chi connectivity index (χ0n) is 9.88. The van der Waals surface area contributed by atoms with E-state index in [1.54, 1.807) is 0 Å². The summed E-state index contributed by atoms with van der Waals surface area (Å²) in [5.74, 6) is -0.0297. The van der Waals surface area contributed by atoms with E-state index in [1.165, 1.54) is 6.42 Å². The van der Waals surface area contributed by atoms with E-state index in [0.717, 1.165) is 38.6 Å². The fraction of sp³-hybridized carbons (Fsp3) is 0.917. The first-order valence-electron chi connectivity index (χ1n) is 6.05. The van der Waals surface area contributed by atoms with Crippen molar-refractivity contribution in [3.8, 4) is 0 Å². The summed E-state index contributed by atoms with van der Waals surface area (Å²) in [6, 6.07) is 0. The highest BCUT2D eigenvalue weighted by Gasteiger charge is 2.38. The normalized spacial score (nSPS) is 20.5. The molecule has 3 nitrogen and oxygen atoms in total. The van der Waals surface area contributed by atoms with Gasteiger partial charge in [-0.15, -0.1) is 0 Å². The molecule has 0 unspecified atom stereocenters. The molecular weight excluding hydrogens is 190 g/mol. The Bertz CT molecular complexity index is 208. The van der Waals surface area contributed by atoms with Crippen LogP contribution < -0.4 is 5.32 Å². The maximum atomic E-state index is 11.3. The molecule has 0 radical (unpaired) electrons. The Balaban J connectivity index is 2.46. The maximum absolute atomic E-state index is 11.3. The van der Waals surface area contributed by atoms with E-state index in [9.17, 15) is 9.90 Å². The largest absolute Gasteiger partial charge is 0.480 e. The lowest BCUT2D eigenvalue weighted by atomic mass is 9.81. The predicted molar refractivity (Wildman–Crippen MR) is 60.9 cm³/mol. The van der Waals surface area contributed by atoms with Crippen LogP contribution in [0.15, 0.2) is 0 Å². The molecule has 0 aromatic rings. The number of aliphatic carboxylic acids is 1. The second-order valence-corrected chi connectivity index (χ2v) is 5.06. The summed E-state index contributed by atoms with van der Waals surface area (Å²) >= 11 is 0. The van der Waals surface area contributed by atoms with Crippen LogP contribution in [0.2, 0.25) is 0 Å². The van der Waals surface area contributed by atoms with Gasteiger partial charge in [-0.2, -0.15) is 0 Å². The van der Waals surface area contributed by atoms with Crippen molar-refractivity contribution in [3.05, 3.63) is 0 Å². The number of rotatable bonds is 5. The van der Waals surface area contributed by atoms with Crippen molar-refractivity contribution in [3.63, 3.8) is 0 Å². The molecule has 1 saturated carbocycles. The topological polar surface area (TPSA) is 49.3 Å². The number of nitrogens with one attached hydrogen (secondary N) is 1. The summed E-state index contributed by atoms with van der Waals surface area (Å²) in [6.45, 7) is 5.15. The molecule has 0 spiro atoms. The van der Waals surface area contributed by atoms with E-state index in [1.807, 2.05) is 0 Å². The molecule has 0 saturated heterocycles. The number of hydrogen-bond acceptors (Lipinski definition) is 2. The fourth-order valence-electron chi connectivity index (χ4n) is 2.22. The van der Waals surface area contributed by atoms with E-state index in [4.69, 9.17) is 0 Å². The molecule has 1 fully saturated rings. The van der Waals surface area contributed by atoms with Gasteiger partial charge in [0.15, 0.2) is 0 Å². The van der Waals surface area contributed by atoms with Gasteiger partial charge in [0.05, 0.1) is 0 Å². The maximum Gasteiger partial charge on any atom is 0.323 e. The third-order valence-corrected chi connectivity index (χ3v) is 3.30. The van der Waals surface area contributed by atoms with E-state index in [-0.39, 0.29) is 0 Å². The van der Waals surface area contributed by atoms with Gasteiger partial charge in [-0.25, -0.2) is 0 Å². The molecule has 1 rings (SSSR count). The summed E-state index contributed by atoms with van der Waals surface area (Å²) in [6.07, 6.45) is 5.90. The first-order chi connectivity index (χ1) is 7.07. The molecule has 1 aliphatic rings. The lowest BCUT2D eigenvalue weighted by Crippen LogP contribution is -2.53. The van der Waals surface area contributed by atoms with Crippen molar-refractivity contribution in [1.82, 2.24) is 5.32 Å². The first kappa shape index (κ1) is 12.5. The van der Waals surface area contributed by atoms with Crippen LogP contribution in [0.5, 0.6) is 0 Å². The third kappa shape index (κ3) is 3.49. The first-order valence-corrected chi connectivity index (χ1v) is 6.05. The summed E-state index contributed by atoms with van der Waals surface area (Å²) in [5.41, 5.74) is -0.618. The van der Waals surface area contributed by atoms with Crippen LogP contribution in [-0.2, 0) is 4.79 Å². The van der Waals surface area contributed by atoms with Crippen molar-refractivity contribution >= 4 is 5.97 Å². The Morgan fingerprint density at radius 3 is 2.40 bits per heavy atom. The minimum absolute atomic E-state index is 0.618. The quantitative estimate of drug-likeness (QED) is 0.737. The van der Waals surface area contributed by atoms with Gasteiger partial charge >= 0.3 is 5.97 Å². The van der Waals surface area contributed by atoms with E-state index in [0.29, 0.717) is 5.92 Å². The lowest BCUT2D eigenvalue weighted by molar-refractivity contribution is -0.146. The van der Waals surface area contributed by atoms with Crippen LogP contribution in [0.4, 0.5) is 0 Å². The predicted octanol–water partition coefficient (Wildman–Crippen LogP) is 2.41. The van der Waals surface area contributed by atoms with Gasteiger partial charge < -0.3 is 10.4 Å². The monoisotopic (exact) mass is 213 g/mol. The summed E-state index contributed by atoms with van der Waals surface area (Å²) in [5, 5.41) is 12.6. The van der Waals surface area contributed by atoms with Gasteiger partial charge in [-0.05, 0) is 31.7 Å². The molecule has 0 heterocycles. The Morgan fingerprint density at radius 1 is 1.33 bits per heavy atom. The summed E-state index contributed by atoms with van der Waals surface area (Å²) in [7, 11) is 0. The average molecular weight is 213 g/mol. The SMILES string of the molecule is CC(C)CCNC1(C(=O)O)CCCCC1. The van der Waals surface area contributed by atoms with Gasteiger partial charge in [-0.3, -0.25) is 4.79 Å². The number of hydrogen-bond donors (Lipinski definition) is 2. The average Bonchev–Trinajstić information content (AvgIpc) is 2.18. The van der Waals surface area contributed by atoms with Gasteiger partial charge in [0.25, 0.3) is 0 Å². The number of carbonyl (C=O) groups is 1. The van der Waals surface area contributed by atoms with Crippen molar-refractivity contribution in [1.29, 1.82) is 0 Å². The molecule has 0 aromatic carbocycles. The molecular formula is C12H23NO2. The molecule has 0 aliphatic heterocycles. The minimum Gasteiger partial charge on any atom is -0.480 e. The zero-order valence-corrected chi connectivity index (χ0v) is 9.88. The van der Waals surface area contributed by atoms with Crippen molar-refractivity contribution < 1.29 is 9.90 Å². The van der Waals surface area contributed by atoms with Crippen molar-refractivity contribution in [2.24, 2.45) is 5.92 Å². The van der Waals surface area contributed by atoms with Crippen LogP contribution in [-0.4, -0.2) is 23.2 Å². The summed E-state index contributed by atoms with van der Waals surface area (Å²) in [4.78, 5) is 11.3. The van der Waals surface area contributed by atoms with E-state index >= 15 is 0 Å². The smallest absolute Gasteiger partial charge is 0.323 e. The van der Waals surface area contributed by atoms with Crippen LogP contribution in [0.1, 0.15) is 52.4 Å². The van der Waals surface area contributed by atoms with Crippen LogP contribution in [0.25, 0.3) is 0 Å². The van der Waals surface area contributed by atoms with Crippen molar-refractivity contribution in [2.45, 2.75) is 57.9 Å². The van der Waals surface area contributed by atoms with Gasteiger partial charge in [-0.1, -0.05) is 33.1 Å². The molecule has 15 heavy (non-hydrogen) atoms. The van der Waals surface area contributed by atoms with E-state index in [2.05, 4.69) is 19.2 Å².